The largest absolute Gasteiger partial charge is 0.433 e. The van der Waals surface area contributed by atoms with Gasteiger partial charge in [0.25, 0.3) is 0 Å². The summed E-state index contributed by atoms with van der Waals surface area (Å²) in [5.41, 5.74) is -2.09. The Labute approximate surface area is 144 Å². The first-order valence-electron chi connectivity index (χ1n) is 7.22. The summed E-state index contributed by atoms with van der Waals surface area (Å²) in [7, 11) is 0. The number of nitrogens with one attached hydrogen (secondary N) is 2. The van der Waals surface area contributed by atoms with E-state index in [1.807, 2.05) is 0 Å². The minimum Gasteiger partial charge on any atom is -0.396 e. The van der Waals surface area contributed by atoms with E-state index >= 15 is 0 Å². The highest BCUT2D eigenvalue weighted by molar-refractivity contribution is 5.61. The van der Waals surface area contributed by atoms with Crippen LogP contribution in [0.2, 0.25) is 0 Å². The van der Waals surface area contributed by atoms with E-state index in [-0.39, 0.29) is 37.0 Å². The van der Waals surface area contributed by atoms with E-state index in [1.54, 1.807) is 0 Å². The van der Waals surface area contributed by atoms with Crippen LogP contribution in [0.3, 0.4) is 0 Å². The first-order chi connectivity index (χ1) is 12.2. The van der Waals surface area contributed by atoms with Gasteiger partial charge in [0.1, 0.15) is 5.82 Å². The van der Waals surface area contributed by atoms with E-state index in [0.717, 1.165) is 18.2 Å². The third-order valence-corrected chi connectivity index (χ3v) is 3.05. The third-order valence-electron chi connectivity index (χ3n) is 3.05. The van der Waals surface area contributed by atoms with Gasteiger partial charge in [-0.3, -0.25) is 10.1 Å². The molecule has 0 saturated heterocycles. The van der Waals surface area contributed by atoms with Gasteiger partial charge in [0.15, 0.2) is 5.69 Å². The number of alkyl halides is 3. The fourth-order valence-electron chi connectivity index (χ4n) is 1.89. The Morgan fingerprint density at radius 1 is 1.23 bits per heavy atom. The van der Waals surface area contributed by atoms with Crippen LogP contribution in [-0.2, 0) is 6.18 Å². The minimum absolute atomic E-state index is 0.0220. The van der Waals surface area contributed by atoms with E-state index in [0.29, 0.717) is 6.07 Å². The maximum atomic E-state index is 13.3. The van der Waals surface area contributed by atoms with Crippen molar-refractivity contribution in [3.8, 4) is 0 Å². The summed E-state index contributed by atoms with van der Waals surface area (Å²) >= 11 is 0. The summed E-state index contributed by atoms with van der Waals surface area (Å²) in [6.07, 6.45) is -4.48. The number of nitro groups is 1. The molecule has 1 heterocycles. The summed E-state index contributed by atoms with van der Waals surface area (Å²) < 4.78 is 52.3. The van der Waals surface area contributed by atoms with Crippen molar-refractivity contribution in [2.75, 3.05) is 23.8 Å². The van der Waals surface area contributed by atoms with Crippen LogP contribution in [0.4, 0.5) is 40.7 Å². The van der Waals surface area contributed by atoms with Crippen LogP contribution in [0.15, 0.2) is 24.3 Å². The summed E-state index contributed by atoms with van der Waals surface area (Å²) in [5.74, 6) is -1.71. The van der Waals surface area contributed by atoms with Crippen LogP contribution in [0.1, 0.15) is 12.1 Å². The van der Waals surface area contributed by atoms with Crippen LogP contribution in [-0.4, -0.2) is 33.1 Å². The van der Waals surface area contributed by atoms with Crippen molar-refractivity contribution in [2.45, 2.75) is 12.6 Å². The molecule has 2 rings (SSSR count). The van der Waals surface area contributed by atoms with Crippen molar-refractivity contribution in [1.29, 1.82) is 0 Å². The normalized spacial score (nSPS) is 11.3. The number of halogens is 4. The standard InChI is InChI=1S/C14H13F4N5O3/c15-9-3-2-8(6-10(9)23(25)26)20-12-7-11(14(16,17)18)21-13(22-12)19-4-1-5-24/h2-3,6-7,24H,1,4-5H2,(H2,19,20,21,22). The van der Waals surface area contributed by atoms with Gasteiger partial charge in [0.2, 0.25) is 11.8 Å². The number of anilines is 3. The molecular weight excluding hydrogens is 362 g/mol. The molecule has 0 unspecified atom stereocenters. The van der Waals surface area contributed by atoms with E-state index in [1.165, 1.54) is 0 Å². The number of benzene rings is 1. The Kier molecular flexibility index (Phi) is 5.87. The number of aliphatic hydroxyl groups excluding tert-OH is 1. The second-order valence-corrected chi connectivity index (χ2v) is 5.01. The zero-order valence-corrected chi connectivity index (χ0v) is 13.0. The molecule has 0 spiro atoms. The van der Waals surface area contributed by atoms with Gasteiger partial charge < -0.3 is 15.7 Å². The number of aromatic nitrogens is 2. The highest BCUT2D eigenvalue weighted by Crippen LogP contribution is 2.31. The molecule has 0 radical (unpaired) electrons. The summed E-state index contributed by atoms with van der Waals surface area (Å²) in [4.78, 5) is 17.0. The molecule has 2 aromatic rings. The van der Waals surface area contributed by atoms with E-state index in [2.05, 4.69) is 20.6 Å². The van der Waals surface area contributed by atoms with Gasteiger partial charge in [-0.2, -0.15) is 22.5 Å². The first-order valence-corrected chi connectivity index (χ1v) is 7.22. The third kappa shape index (κ3) is 4.99. The number of hydrogen-bond donors (Lipinski definition) is 3. The van der Waals surface area contributed by atoms with Crippen LogP contribution in [0.25, 0.3) is 0 Å². The van der Waals surface area contributed by atoms with Gasteiger partial charge in [-0.05, 0) is 18.6 Å². The maximum absolute atomic E-state index is 13.3. The Bertz CT molecular complexity index is 801. The van der Waals surface area contributed by atoms with Crippen LogP contribution < -0.4 is 10.6 Å². The number of nitro benzene ring substituents is 1. The second kappa shape index (κ2) is 7.91. The summed E-state index contributed by atoms with van der Waals surface area (Å²) in [5, 5.41) is 24.4. The molecule has 8 nitrogen and oxygen atoms in total. The van der Waals surface area contributed by atoms with E-state index in [4.69, 9.17) is 5.11 Å². The molecular formula is C14H13F4N5O3. The number of rotatable bonds is 7. The number of hydrogen-bond acceptors (Lipinski definition) is 7. The van der Waals surface area contributed by atoms with Gasteiger partial charge in [0.05, 0.1) is 4.92 Å². The molecule has 1 aromatic heterocycles. The van der Waals surface area contributed by atoms with E-state index < -0.39 is 28.3 Å². The van der Waals surface area contributed by atoms with Crippen LogP contribution >= 0.6 is 0 Å². The maximum Gasteiger partial charge on any atom is 0.433 e. The van der Waals surface area contributed by atoms with Crippen molar-refractivity contribution in [1.82, 2.24) is 9.97 Å². The fourth-order valence-corrected chi connectivity index (χ4v) is 1.89. The van der Waals surface area contributed by atoms with E-state index in [9.17, 15) is 27.7 Å². The van der Waals surface area contributed by atoms with Crippen molar-refractivity contribution in [3.63, 3.8) is 0 Å². The van der Waals surface area contributed by atoms with Gasteiger partial charge in [-0.25, -0.2) is 4.98 Å². The summed E-state index contributed by atoms with van der Waals surface area (Å²) in [6.45, 7) is -0.0322. The number of nitrogens with zero attached hydrogens (tertiary/aromatic N) is 3. The molecule has 3 N–H and O–H groups in total. The van der Waals surface area contributed by atoms with Gasteiger partial charge in [-0.1, -0.05) is 0 Å². The Morgan fingerprint density at radius 2 is 1.96 bits per heavy atom. The highest BCUT2D eigenvalue weighted by atomic mass is 19.4. The lowest BCUT2D eigenvalue weighted by molar-refractivity contribution is -0.387. The number of aliphatic hydroxyl groups is 1. The molecule has 12 heteroatoms. The molecule has 0 amide bonds. The predicted molar refractivity (Wildman–Crippen MR) is 83.6 cm³/mol. The molecule has 1 aromatic carbocycles. The second-order valence-electron chi connectivity index (χ2n) is 5.01. The average molecular weight is 375 g/mol. The van der Waals surface area contributed by atoms with Gasteiger partial charge >= 0.3 is 11.9 Å². The molecule has 140 valence electrons. The van der Waals surface area contributed by atoms with Gasteiger partial charge in [0, 0.05) is 31.0 Å². The van der Waals surface area contributed by atoms with Gasteiger partial charge in [-0.15, -0.1) is 0 Å². The molecule has 0 saturated carbocycles. The van der Waals surface area contributed by atoms with Crippen LogP contribution in [0.5, 0.6) is 0 Å². The minimum atomic E-state index is -4.75. The molecule has 0 fully saturated rings. The fraction of sp³-hybridized carbons (Fsp3) is 0.286. The summed E-state index contributed by atoms with van der Waals surface area (Å²) in [6, 6.07) is 3.39. The molecule has 0 aliphatic heterocycles. The van der Waals surface area contributed by atoms with Crippen molar-refractivity contribution >= 4 is 23.1 Å². The smallest absolute Gasteiger partial charge is 0.396 e. The Hall–Kier alpha value is -3.02. The highest BCUT2D eigenvalue weighted by Gasteiger charge is 2.33. The monoisotopic (exact) mass is 375 g/mol. The SMILES string of the molecule is O=[N+]([O-])c1cc(Nc2cc(C(F)(F)F)nc(NCCCO)n2)ccc1F. The average Bonchev–Trinajstić information content (AvgIpc) is 2.55. The van der Waals surface area contributed by atoms with Crippen molar-refractivity contribution in [2.24, 2.45) is 0 Å². The Morgan fingerprint density at radius 3 is 2.58 bits per heavy atom. The zero-order valence-electron chi connectivity index (χ0n) is 13.0. The topological polar surface area (TPSA) is 113 Å². The molecule has 0 aliphatic carbocycles. The van der Waals surface area contributed by atoms with Crippen molar-refractivity contribution < 1.29 is 27.6 Å². The lowest BCUT2D eigenvalue weighted by Crippen LogP contribution is -2.14. The zero-order chi connectivity index (χ0) is 19.3. The van der Waals surface area contributed by atoms with Crippen LogP contribution in [0, 0.1) is 15.9 Å². The van der Waals surface area contributed by atoms with Crippen molar-refractivity contribution in [3.05, 3.63) is 45.9 Å². The quantitative estimate of drug-likeness (QED) is 0.295. The lowest BCUT2D eigenvalue weighted by Gasteiger charge is -2.12. The molecule has 0 atom stereocenters. The predicted octanol–water partition coefficient (Wildman–Crippen LogP) is 3.08. The molecule has 0 bridgehead atoms. The molecule has 0 aliphatic rings. The lowest BCUT2D eigenvalue weighted by atomic mass is 10.2. The Balaban J connectivity index is 2.34. The molecule has 26 heavy (non-hydrogen) atoms. The first kappa shape index (κ1) is 19.3.